The number of anilines is 1. The molecule has 7 heteroatoms. The van der Waals surface area contributed by atoms with Crippen LogP contribution in [0.1, 0.15) is 48.7 Å². The number of piperidine rings is 1. The lowest BCUT2D eigenvalue weighted by Crippen LogP contribution is -2.29. The molecule has 31 heavy (non-hydrogen) atoms. The van der Waals surface area contributed by atoms with E-state index in [2.05, 4.69) is 38.5 Å². The molecule has 2 N–H and O–H groups in total. The van der Waals surface area contributed by atoms with Crippen molar-refractivity contribution < 1.29 is 9.53 Å². The second-order valence-electron chi connectivity index (χ2n) is 7.37. The number of ether oxygens (including phenoxy) is 1. The van der Waals surface area contributed by atoms with Gasteiger partial charge in [-0.15, -0.1) is 0 Å². The van der Waals surface area contributed by atoms with Gasteiger partial charge in [-0.25, -0.2) is 4.98 Å². The minimum absolute atomic E-state index is 0.281. The van der Waals surface area contributed by atoms with Crippen molar-refractivity contribution in [3.05, 3.63) is 59.9 Å². The predicted molar refractivity (Wildman–Crippen MR) is 124 cm³/mol. The molecule has 1 fully saturated rings. The van der Waals surface area contributed by atoms with Crippen molar-refractivity contribution in [1.29, 1.82) is 0 Å². The molecule has 1 aromatic carbocycles. The van der Waals surface area contributed by atoms with E-state index < -0.39 is 0 Å². The summed E-state index contributed by atoms with van der Waals surface area (Å²) in [6.45, 7) is 6.20. The standard InChI is InChI=1S/C22H25N5O2.C2H6/c1-27-12-9-15(10-13-27)16-6-7-19(21(14-16)29-2)25-22(28)20-5-3-4-17(24-20)18-8-11-23-26-18;1-2/h3-8,11,14-15H,9-10,12-13H2,1-2H3,(H,23,26)(H,25,28);1-2H3. The van der Waals surface area contributed by atoms with E-state index in [1.165, 1.54) is 5.56 Å². The summed E-state index contributed by atoms with van der Waals surface area (Å²) in [4.78, 5) is 19.6. The number of pyridine rings is 1. The normalized spacial score (nSPS) is 14.5. The molecule has 1 amide bonds. The summed E-state index contributed by atoms with van der Waals surface area (Å²) < 4.78 is 5.56. The number of methoxy groups -OCH3 is 1. The zero-order chi connectivity index (χ0) is 22.2. The number of benzene rings is 1. The number of hydrogen-bond donors (Lipinski definition) is 2. The molecule has 0 atom stereocenters. The Labute approximate surface area is 183 Å². The molecular formula is C24H31N5O2. The Kier molecular flexibility index (Phi) is 7.78. The van der Waals surface area contributed by atoms with Gasteiger partial charge < -0.3 is 15.0 Å². The van der Waals surface area contributed by atoms with Gasteiger partial charge in [-0.2, -0.15) is 5.10 Å². The van der Waals surface area contributed by atoms with Gasteiger partial charge >= 0.3 is 0 Å². The summed E-state index contributed by atoms with van der Waals surface area (Å²) in [6, 6.07) is 13.2. The van der Waals surface area contributed by atoms with Gasteiger partial charge in [-0.05, 0) is 74.8 Å². The molecule has 164 valence electrons. The van der Waals surface area contributed by atoms with Crippen LogP contribution in [0.15, 0.2) is 48.7 Å². The maximum Gasteiger partial charge on any atom is 0.274 e. The third kappa shape index (κ3) is 5.49. The molecule has 0 bridgehead atoms. The van der Waals surface area contributed by atoms with Crippen molar-refractivity contribution in [2.45, 2.75) is 32.6 Å². The predicted octanol–water partition coefficient (Wildman–Crippen LogP) is 4.57. The number of nitrogens with zero attached hydrogens (tertiary/aromatic N) is 3. The first-order valence-electron chi connectivity index (χ1n) is 10.8. The highest BCUT2D eigenvalue weighted by molar-refractivity contribution is 6.04. The Morgan fingerprint density at radius 1 is 1.16 bits per heavy atom. The molecule has 1 aliphatic heterocycles. The fraction of sp³-hybridized carbons (Fsp3) is 0.375. The molecule has 0 unspecified atom stereocenters. The number of aromatic nitrogens is 3. The largest absolute Gasteiger partial charge is 0.495 e. The van der Waals surface area contributed by atoms with Gasteiger partial charge in [0.2, 0.25) is 0 Å². The average molecular weight is 422 g/mol. The van der Waals surface area contributed by atoms with Gasteiger partial charge in [-0.1, -0.05) is 26.0 Å². The number of carbonyl (C=O) groups is 1. The lowest BCUT2D eigenvalue weighted by atomic mass is 9.89. The highest BCUT2D eigenvalue weighted by atomic mass is 16.5. The molecule has 2 aromatic heterocycles. The third-order valence-electron chi connectivity index (χ3n) is 5.42. The molecule has 0 aliphatic carbocycles. The van der Waals surface area contributed by atoms with Crippen molar-refractivity contribution in [1.82, 2.24) is 20.1 Å². The fourth-order valence-electron chi connectivity index (χ4n) is 3.70. The zero-order valence-corrected chi connectivity index (χ0v) is 18.7. The third-order valence-corrected chi connectivity index (χ3v) is 5.42. The maximum atomic E-state index is 12.8. The van der Waals surface area contributed by atoms with Crippen LogP contribution in [0.4, 0.5) is 5.69 Å². The van der Waals surface area contributed by atoms with E-state index in [9.17, 15) is 4.79 Å². The quantitative estimate of drug-likeness (QED) is 0.631. The number of likely N-dealkylation sites (tertiary alicyclic amines) is 1. The topological polar surface area (TPSA) is 83.1 Å². The van der Waals surface area contributed by atoms with Gasteiger partial charge in [0.05, 0.1) is 24.2 Å². The minimum Gasteiger partial charge on any atom is -0.495 e. The second kappa shape index (κ2) is 10.7. The Bertz CT molecular complexity index is 979. The number of aromatic amines is 1. The second-order valence-corrected chi connectivity index (χ2v) is 7.37. The molecule has 3 heterocycles. The first kappa shape index (κ1) is 22.5. The molecule has 0 radical (unpaired) electrons. The van der Waals surface area contributed by atoms with E-state index in [0.717, 1.165) is 31.6 Å². The van der Waals surface area contributed by atoms with Crippen LogP contribution in [-0.2, 0) is 0 Å². The molecule has 0 spiro atoms. The summed E-state index contributed by atoms with van der Waals surface area (Å²) >= 11 is 0. The van der Waals surface area contributed by atoms with Gasteiger partial charge in [-0.3, -0.25) is 9.89 Å². The summed E-state index contributed by atoms with van der Waals surface area (Å²) in [5.41, 5.74) is 3.66. The number of hydrogen-bond acceptors (Lipinski definition) is 5. The minimum atomic E-state index is -0.281. The van der Waals surface area contributed by atoms with Gasteiger partial charge in [0.1, 0.15) is 11.4 Å². The van der Waals surface area contributed by atoms with Crippen molar-refractivity contribution in [3.8, 4) is 17.1 Å². The van der Waals surface area contributed by atoms with Crippen LogP contribution in [0.3, 0.4) is 0 Å². The molecule has 3 aromatic rings. The first-order chi connectivity index (χ1) is 15.1. The Balaban J connectivity index is 0.00000132. The Morgan fingerprint density at radius 3 is 2.61 bits per heavy atom. The number of rotatable bonds is 5. The maximum absolute atomic E-state index is 12.8. The van der Waals surface area contributed by atoms with Gasteiger partial charge in [0.15, 0.2) is 0 Å². The highest BCUT2D eigenvalue weighted by Crippen LogP contribution is 2.33. The molecule has 4 rings (SSSR count). The summed E-state index contributed by atoms with van der Waals surface area (Å²) in [5.74, 6) is 0.911. The van der Waals surface area contributed by atoms with E-state index >= 15 is 0 Å². The molecule has 1 saturated heterocycles. The summed E-state index contributed by atoms with van der Waals surface area (Å²) in [6.07, 6.45) is 3.92. The Hall–Kier alpha value is -3.19. The lowest BCUT2D eigenvalue weighted by molar-refractivity contribution is 0.102. The van der Waals surface area contributed by atoms with Crippen LogP contribution in [0.25, 0.3) is 11.4 Å². The number of nitrogens with one attached hydrogen (secondary N) is 2. The van der Waals surface area contributed by atoms with E-state index in [-0.39, 0.29) is 5.91 Å². The van der Waals surface area contributed by atoms with Crippen LogP contribution in [0, 0.1) is 0 Å². The molecular weight excluding hydrogens is 390 g/mol. The van der Waals surface area contributed by atoms with Crippen molar-refractivity contribution in [2.75, 3.05) is 32.6 Å². The van der Waals surface area contributed by atoms with E-state index in [1.807, 2.05) is 38.1 Å². The molecule has 0 saturated carbocycles. The fourth-order valence-corrected chi connectivity index (χ4v) is 3.70. The van der Waals surface area contributed by atoms with E-state index in [0.29, 0.717) is 28.7 Å². The van der Waals surface area contributed by atoms with E-state index in [1.54, 1.807) is 25.4 Å². The van der Waals surface area contributed by atoms with Crippen molar-refractivity contribution in [2.24, 2.45) is 0 Å². The van der Waals surface area contributed by atoms with Crippen LogP contribution < -0.4 is 10.1 Å². The lowest BCUT2D eigenvalue weighted by Gasteiger charge is -2.29. The number of H-pyrrole nitrogens is 1. The van der Waals surface area contributed by atoms with Crippen LogP contribution in [0.2, 0.25) is 0 Å². The zero-order valence-electron chi connectivity index (χ0n) is 18.7. The summed E-state index contributed by atoms with van der Waals surface area (Å²) in [5, 5.41) is 9.72. The average Bonchev–Trinajstić information content (AvgIpc) is 3.36. The van der Waals surface area contributed by atoms with Crippen molar-refractivity contribution >= 4 is 11.6 Å². The SMILES string of the molecule is CC.COc1cc(C2CCN(C)CC2)ccc1NC(=O)c1cccc(-c2ccn[nH]2)n1. The van der Waals surface area contributed by atoms with Gasteiger partial charge in [0.25, 0.3) is 5.91 Å². The van der Waals surface area contributed by atoms with Crippen molar-refractivity contribution in [3.63, 3.8) is 0 Å². The Morgan fingerprint density at radius 2 is 1.94 bits per heavy atom. The van der Waals surface area contributed by atoms with Crippen LogP contribution in [-0.4, -0.2) is 53.2 Å². The van der Waals surface area contributed by atoms with Gasteiger partial charge in [0, 0.05) is 6.20 Å². The molecule has 7 nitrogen and oxygen atoms in total. The van der Waals surface area contributed by atoms with Crippen LogP contribution >= 0.6 is 0 Å². The summed E-state index contributed by atoms with van der Waals surface area (Å²) in [7, 11) is 3.78. The smallest absolute Gasteiger partial charge is 0.274 e. The molecule has 1 aliphatic rings. The van der Waals surface area contributed by atoms with Crippen LogP contribution in [0.5, 0.6) is 5.75 Å². The number of carbonyl (C=O) groups excluding carboxylic acids is 1. The number of amides is 1. The monoisotopic (exact) mass is 421 g/mol. The first-order valence-corrected chi connectivity index (χ1v) is 10.8. The highest BCUT2D eigenvalue weighted by Gasteiger charge is 2.20. The van der Waals surface area contributed by atoms with E-state index in [4.69, 9.17) is 4.74 Å².